The summed E-state index contributed by atoms with van der Waals surface area (Å²) in [6.45, 7) is 2.02. The molecule has 2 unspecified atom stereocenters. The van der Waals surface area contributed by atoms with E-state index < -0.39 is 24.3 Å². The highest BCUT2D eigenvalue weighted by molar-refractivity contribution is 5.88. The van der Waals surface area contributed by atoms with Crippen LogP contribution in [0, 0.1) is 0 Å². The molecule has 2 saturated heterocycles. The van der Waals surface area contributed by atoms with Crippen molar-refractivity contribution in [3.05, 3.63) is 0 Å². The van der Waals surface area contributed by atoms with Gasteiger partial charge in [-0.1, -0.05) is 0 Å². The Bertz CT molecular complexity index is 318. The molecule has 0 N–H and O–H groups in total. The minimum absolute atomic E-state index is 0.0116. The summed E-state index contributed by atoms with van der Waals surface area (Å²) in [5.41, 5.74) is 0. The average Bonchev–Trinajstić information content (AvgIpc) is 2.75. The maximum Gasteiger partial charge on any atom is 0.167 e. The fraction of sp³-hybridized carbons (Fsp3) is 0.800. The SMILES string of the molecule is CCN(C(=O)[O-])[C@@H]1C2CC(=O)C(O2)[C@@H]1OC. The Balaban J connectivity index is 2.21. The Morgan fingerprint density at radius 2 is 2.38 bits per heavy atom. The predicted molar refractivity (Wildman–Crippen MR) is 50.6 cm³/mol. The number of carbonyl (C=O) groups is 2. The molecule has 90 valence electrons. The Hall–Kier alpha value is -1.14. The maximum atomic E-state index is 11.4. The topological polar surface area (TPSA) is 78.9 Å². The molecule has 6 nitrogen and oxygen atoms in total. The van der Waals surface area contributed by atoms with Crippen LogP contribution in [0.1, 0.15) is 13.3 Å². The molecule has 0 aromatic heterocycles. The van der Waals surface area contributed by atoms with E-state index in [1.54, 1.807) is 6.92 Å². The summed E-state index contributed by atoms with van der Waals surface area (Å²) in [5.74, 6) is -0.0116. The summed E-state index contributed by atoms with van der Waals surface area (Å²) >= 11 is 0. The van der Waals surface area contributed by atoms with Gasteiger partial charge in [-0.2, -0.15) is 0 Å². The highest BCUT2D eigenvalue weighted by Crippen LogP contribution is 2.36. The summed E-state index contributed by atoms with van der Waals surface area (Å²) in [5, 5.41) is 11.0. The molecule has 2 aliphatic rings. The average molecular weight is 228 g/mol. The van der Waals surface area contributed by atoms with E-state index >= 15 is 0 Å². The second-order valence-corrected chi connectivity index (χ2v) is 4.01. The van der Waals surface area contributed by atoms with Crippen molar-refractivity contribution in [2.24, 2.45) is 0 Å². The van der Waals surface area contributed by atoms with Gasteiger partial charge in [-0.15, -0.1) is 0 Å². The van der Waals surface area contributed by atoms with E-state index in [1.165, 1.54) is 12.0 Å². The molecule has 0 radical (unpaired) electrons. The minimum atomic E-state index is -1.25. The molecule has 2 fully saturated rings. The van der Waals surface area contributed by atoms with Crippen molar-refractivity contribution in [3.8, 4) is 0 Å². The van der Waals surface area contributed by atoms with Gasteiger partial charge in [0.25, 0.3) is 0 Å². The summed E-state index contributed by atoms with van der Waals surface area (Å²) in [4.78, 5) is 23.6. The number of methoxy groups -OCH3 is 1. The van der Waals surface area contributed by atoms with Crippen molar-refractivity contribution in [2.45, 2.75) is 37.7 Å². The van der Waals surface area contributed by atoms with Crippen LogP contribution in [-0.2, 0) is 14.3 Å². The molecule has 6 heteroatoms. The monoisotopic (exact) mass is 228 g/mol. The molecule has 0 spiro atoms. The standard InChI is InChI=1S/C10H15NO5/c1-3-11(10(13)14)7-6-4-5(12)8(16-6)9(7)15-2/h6-9H,3-4H2,1-2H3,(H,13,14)/p-1/t6?,7-,8?,9-/m1/s1. The van der Waals surface area contributed by atoms with Crippen LogP contribution in [0.25, 0.3) is 0 Å². The van der Waals surface area contributed by atoms with Gasteiger partial charge < -0.3 is 24.3 Å². The quantitative estimate of drug-likeness (QED) is 0.604. The van der Waals surface area contributed by atoms with Crippen molar-refractivity contribution < 1.29 is 24.2 Å². The summed E-state index contributed by atoms with van der Waals surface area (Å²) in [6, 6.07) is -0.428. The van der Waals surface area contributed by atoms with E-state index in [-0.39, 0.29) is 18.3 Å². The highest BCUT2D eigenvalue weighted by atomic mass is 16.6. The number of ether oxygens (including phenoxy) is 2. The van der Waals surface area contributed by atoms with E-state index in [4.69, 9.17) is 9.47 Å². The lowest BCUT2D eigenvalue weighted by Gasteiger charge is -2.37. The van der Waals surface area contributed by atoms with Crippen LogP contribution in [0.5, 0.6) is 0 Å². The second-order valence-electron chi connectivity index (χ2n) is 4.01. The summed E-state index contributed by atoms with van der Waals surface area (Å²) in [6.07, 6.45) is -2.50. The molecular weight excluding hydrogens is 214 g/mol. The largest absolute Gasteiger partial charge is 0.530 e. The number of Topliss-reactive ketones (excluding diaryl/α,β-unsaturated/α-hetero) is 1. The number of nitrogens with zero attached hydrogens (tertiary/aromatic N) is 1. The van der Waals surface area contributed by atoms with Crippen molar-refractivity contribution in [1.29, 1.82) is 0 Å². The molecule has 4 atom stereocenters. The number of carbonyl (C=O) groups excluding carboxylic acids is 2. The van der Waals surface area contributed by atoms with Crippen LogP contribution in [0.4, 0.5) is 4.79 Å². The number of carboxylic acid groups (broad SMARTS) is 1. The van der Waals surface area contributed by atoms with Gasteiger partial charge in [-0.05, 0) is 6.92 Å². The lowest BCUT2D eigenvalue weighted by atomic mass is 9.90. The zero-order valence-corrected chi connectivity index (χ0v) is 9.21. The molecule has 16 heavy (non-hydrogen) atoms. The van der Waals surface area contributed by atoms with Gasteiger partial charge in [0.1, 0.15) is 18.3 Å². The van der Waals surface area contributed by atoms with E-state index in [9.17, 15) is 14.7 Å². The molecule has 2 bridgehead atoms. The summed E-state index contributed by atoms with van der Waals surface area (Å²) in [7, 11) is 1.46. The molecule has 0 aliphatic carbocycles. The fourth-order valence-electron chi connectivity index (χ4n) is 2.58. The van der Waals surface area contributed by atoms with Crippen LogP contribution in [-0.4, -0.2) is 54.8 Å². The molecule has 2 rings (SSSR count). The van der Waals surface area contributed by atoms with Gasteiger partial charge in [0.05, 0.1) is 12.1 Å². The van der Waals surface area contributed by atoms with Crippen molar-refractivity contribution in [1.82, 2.24) is 4.90 Å². The van der Waals surface area contributed by atoms with Gasteiger partial charge >= 0.3 is 0 Å². The van der Waals surface area contributed by atoms with Crippen molar-refractivity contribution >= 4 is 11.9 Å². The molecule has 0 aromatic rings. The normalized spacial score (nSPS) is 36.8. The van der Waals surface area contributed by atoms with Crippen LogP contribution in [0.3, 0.4) is 0 Å². The first kappa shape index (κ1) is 11.3. The third-order valence-electron chi connectivity index (χ3n) is 3.26. The predicted octanol–water partition coefficient (Wildman–Crippen LogP) is -1.22. The number of fused-ring (bicyclic) bond motifs is 2. The number of ketones is 1. The first-order chi connectivity index (χ1) is 7.60. The Labute approximate surface area is 93.1 Å². The van der Waals surface area contributed by atoms with Crippen LogP contribution < -0.4 is 5.11 Å². The van der Waals surface area contributed by atoms with Crippen LogP contribution in [0.15, 0.2) is 0 Å². The van der Waals surface area contributed by atoms with E-state index in [1.807, 2.05) is 0 Å². The van der Waals surface area contributed by atoms with Crippen molar-refractivity contribution in [3.63, 3.8) is 0 Å². The minimum Gasteiger partial charge on any atom is -0.530 e. The van der Waals surface area contributed by atoms with Gasteiger partial charge in [0.15, 0.2) is 5.78 Å². The molecular formula is C10H14NO5-. The highest BCUT2D eigenvalue weighted by Gasteiger charge is 2.56. The zero-order valence-electron chi connectivity index (χ0n) is 9.21. The Morgan fingerprint density at radius 1 is 1.69 bits per heavy atom. The molecule has 0 aromatic carbocycles. The summed E-state index contributed by atoms with van der Waals surface area (Å²) < 4.78 is 10.6. The van der Waals surface area contributed by atoms with E-state index in [0.29, 0.717) is 6.54 Å². The smallest absolute Gasteiger partial charge is 0.167 e. The Morgan fingerprint density at radius 3 is 2.88 bits per heavy atom. The lowest BCUT2D eigenvalue weighted by Crippen LogP contribution is -2.57. The third kappa shape index (κ3) is 1.49. The number of likely N-dealkylation sites (N-methyl/N-ethyl adjacent to an activating group) is 1. The fourth-order valence-corrected chi connectivity index (χ4v) is 2.58. The second kappa shape index (κ2) is 4.03. The Kier molecular flexibility index (Phi) is 2.86. The van der Waals surface area contributed by atoms with Gasteiger partial charge in [0, 0.05) is 20.1 Å². The van der Waals surface area contributed by atoms with Crippen LogP contribution in [0.2, 0.25) is 0 Å². The van der Waals surface area contributed by atoms with Gasteiger partial charge in [0.2, 0.25) is 0 Å². The maximum absolute atomic E-state index is 11.4. The first-order valence-electron chi connectivity index (χ1n) is 5.28. The molecule has 2 aliphatic heterocycles. The number of hydrogen-bond donors (Lipinski definition) is 0. The molecule has 1 amide bonds. The molecule has 0 saturated carbocycles. The van der Waals surface area contributed by atoms with Gasteiger partial charge in [-0.25, -0.2) is 0 Å². The van der Waals surface area contributed by atoms with E-state index in [0.717, 1.165) is 0 Å². The number of amides is 1. The van der Waals surface area contributed by atoms with Crippen molar-refractivity contribution in [2.75, 3.05) is 13.7 Å². The van der Waals surface area contributed by atoms with Crippen LogP contribution >= 0.6 is 0 Å². The first-order valence-corrected chi connectivity index (χ1v) is 5.28. The van der Waals surface area contributed by atoms with Gasteiger partial charge in [-0.3, -0.25) is 4.79 Å². The number of rotatable bonds is 3. The van der Waals surface area contributed by atoms with E-state index in [2.05, 4.69) is 0 Å². The lowest BCUT2D eigenvalue weighted by molar-refractivity contribution is -0.270. The zero-order chi connectivity index (χ0) is 11.9. The number of hydrogen-bond acceptors (Lipinski definition) is 5. The third-order valence-corrected chi connectivity index (χ3v) is 3.26. The molecule has 2 heterocycles.